The van der Waals surface area contributed by atoms with Crippen LogP contribution in [0.4, 0.5) is 0 Å². The third-order valence-corrected chi connectivity index (χ3v) is 6.89. The zero-order chi connectivity index (χ0) is 24.7. The third-order valence-electron chi connectivity index (χ3n) is 6.02. The topological polar surface area (TPSA) is 54.4 Å². The van der Waals surface area contributed by atoms with Gasteiger partial charge in [-0.3, -0.25) is 4.55 Å². The Labute approximate surface area is 203 Å². The van der Waals surface area contributed by atoms with Crippen LogP contribution in [0.2, 0.25) is 0 Å². The lowest BCUT2D eigenvalue weighted by molar-refractivity contribution is -0.902. The summed E-state index contributed by atoms with van der Waals surface area (Å²) < 4.78 is 30.6. The first kappa shape index (κ1) is 29.3. The van der Waals surface area contributed by atoms with Crippen LogP contribution in [0.5, 0.6) is 0 Å². The molecule has 0 bridgehead atoms. The molecule has 0 saturated carbocycles. The Kier molecular flexibility index (Phi) is 13.6. The van der Waals surface area contributed by atoms with E-state index in [4.69, 9.17) is 4.55 Å². The first-order valence-electron chi connectivity index (χ1n) is 12.5. The van der Waals surface area contributed by atoms with Crippen molar-refractivity contribution in [1.82, 2.24) is 0 Å². The second kappa shape index (κ2) is 15.3. The average Bonchev–Trinajstić information content (AvgIpc) is 2.75. The summed E-state index contributed by atoms with van der Waals surface area (Å²) in [6, 6.07) is 17.7. The monoisotopic (exact) mass is 476 g/mol. The van der Waals surface area contributed by atoms with Gasteiger partial charge in [0.25, 0.3) is 10.1 Å². The van der Waals surface area contributed by atoms with E-state index in [2.05, 4.69) is 58.4 Å². The maximum Gasteiger partial charge on any atom is 0.294 e. The normalized spacial score (nSPS) is 12.7. The molecule has 4 nitrogen and oxygen atoms in total. The maximum absolute atomic E-state index is 10.5. The van der Waals surface area contributed by atoms with E-state index in [0.29, 0.717) is 6.04 Å². The van der Waals surface area contributed by atoms with Gasteiger partial charge in [-0.05, 0) is 25.5 Å². The van der Waals surface area contributed by atoms with Gasteiger partial charge in [-0.15, -0.1) is 0 Å². The van der Waals surface area contributed by atoms with Crippen LogP contribution in [0.15, 0.2) is 59.5 Å². The second-order valence-electron chi connectivity index (χ2n) is 9.95. The molecular weight excluding hydrogens is 430 g/mol. The second-order valence-corrected chi connectivity index (χ2v) is 11.4. The molecule has 0 aromatic heterocycles. The predicted molar refractivity (Wildman–Crippen MR) is 140 cm³/mol. The van der Waals surface area contributed by atoms with Gasteiger partial charge in [-0.25, -0.2) is 0 Å². The Bertz CT molecular complexity index is 856. The van der Waals surface area contributed by atoms with Crippen LogP contribution < -0.4 is 0 Å². The standard InChI is InChI=1S/C21H38N.C7H8O3S/c1-5-6-7-8-9-10-11-12-16-19-21(22(2,3)4)20-17-14-13-15-18-20;1-6-2-4-7(5-3-6)11(8,9)10/h13-15,17-18,21H,5-12,16,19H2,1-4H3;2-5H,1H3,(H,8,9,10)/q+1;. The van der Waals surface area contributed by atoms with E-state index in [1.165, 1.54) is 81.9 Å². The van der Waals surface area contributed by atoms with Gasteiger partial charge in [0.1, 0.15) is 6.04 Å². The first-order valence-corrected chi connectivity index (χ1v) is 13.9. The summed E-state index contributed by atoms with van der Waals surface area (Å²) in [4.78, 5) is -0.0666. The molecule has 0 fully saturated rings. The fourth-order valence-electron chi connectivity index (χ4n) is 4.03. The van der Waals surface area contributed by atoms with E-state index in [-0.39, 0.29) is 4.90 Å². The zero-order valence-corrected chi connectivity index (χ0v) is 22.3. The molecule has 0 spiro atoms. The van der Waals surface area contributed by atoms with Crippen molar-refractivity contribution in [3.8, 4) is 0 Å². The molecule has 0 saturated heterocycles. The SMILES string of the molecule is CCCCCCCCCCCC(c1ccccc1)[N+](C)(C)C.Cc1ccc(S(=O)(=O)O)cc1. The summed E-state index contributed by atoms with van der Waals surface area (Å²) in [6.07, 6.45) is 14.0. The molecule has 5 heteroatoms. The number of rotatable bonds is 13. The molecule has 2 aromatic carbocycles. The minimum absolute atomic E-state index is 0.0666. The number of hydrogen-bond acceptors (Lipinski definition) is 2. The minimum atomic E-state index is -4.02. The molecule has 0 aliphatic carbocycles. The molecule has 1 unspecified atom stereocenters. The van der Waals surface area contributed by atoms with Gasteiger partial charge in [0.2, 0.25) is 0 Å². The Morgan fingerprint density at radius 1 is 0.758 bits per heavy atom. The van der Waals surface area contributed by atoms with E-state index < -0.39 is 10.1 Å². The molecule has 0 heterocycles. The van der Waals surface area contributed by atoms with Crippen LogP contribution in [0.25, 0.3) is 0 Å². The molecule has 0 amide bonds. The Morgan fingerprint density at radius 3 is 1.70 bits per heavy atom. The number of benzene rings is 2. The van der Waals surface area contributed by atoms with Crippen molar-refractivity contribution in [3.05, 3.63) is 65.7 Å². The molecule has 0 aliphatic rings. The summed E-state index contributed by atoms with van der Waals surface area (Å²) >= 11 is 0. The number of aryl methyl sites for hydroxylation is 1. The zero-order valence-electron chi connectivity index (χ0n) is 21.5. The van der Waals surface area contributed by atoms with Gasteiger partial charge < -0.3 is 4.48 Å². The molecule has 2 aromatic rings. The highest BCUT2D eigenvalue weighted by atomic mass is 32.2. The summed E-state index contributed by atoms with van der Waals surface area (Å²) in [5, 5.41) is 0. The first-order chi connectivity index (χ1) is 15.6. The van der Waals surface area contributed by atoms with Crippen LogP contribution in [0, 0.1) is 6.92 Å². The average molecular weight is 477 g/mol. The van der Waals surface area contributed by atoms with Crippen LogP contribution in [-0.2, 0) is 10.1 Å². The van der Waals surface area contributed by atoms with Crippen LogP contribution in [-0.4, -0.2) is 38.6 Å². The van der Waals surface area contributed by atoms with E-state index >= 15 is 0 Å². The summed E-state index contributed by atoms with van der Waals surface area (Å²) in [7, 11) is 2.95. The fraction of sp³-hybridized carbons (Fsp3) is 0.571. The van der Waals surface area contributed by atoms with Crippen molar-refractivity contribution in [3.63, 3.8) is 0 Å². The van der Waals surface area contributed by atoms with Crippen molar-refractivity contribution in [2.75, 3.05) is 21.1 Å². The lowest BCUT2D eigenvalue weighted by Gasteiger charge is -2.34. The summed E-state index contributed by atoms with van der Waals surface area (Å²) in [5.74, 6) is 0. The molecule has 1 N–H and O–H groups in total. The van der Waals surface area contributed by atoms with Crippen LogP contribution in [0.3, 0.4) is 0 Å². The molecular formula is C28H46NO3S+. The lowest BCUT2D eigenvalue weighted by Crippen LogP contribution is -2.38. The van der Waals surface area contributed by atoms with Crippen molar-refractivity contribution in [2.24, 2.45) is 0 Å². The number of hydrogen-bond donors (Lipinski definition) is 1. The number of quaternary nitrogens is 1. The largest absolute Gasteiger partial charge is 0.325 e. The van der Waals surface area contributed by atoms with Gasteiger partial charge >= 0.3 is 0 Å². The van der Waals surface area contributed by atoms with E-state index in [9.17, 15) is 8.42 Å². The maximum atomic E-state index is 10.5. The number of unbranched alkanes of at least 4 members (excludes halogenated alkanes) is 8. The Morgan fingerprint density at radius 2 is 1.24 bits per heavy atom. The van der Waals surface area contributed by atoms with E-state index in [1.807, 2.05) is 6.92 Å². The highest BCUT2D eigenvalue weighted by molar-refractivity contribution is 7.85. The van der Waals surface area contributed by atoms with Gasteiger partial charge in [-0.1, -0.05) is 106 Å². The number of nitrogens with zero attached hydrogens (tertiary/aromatic N) is 1. The van der Waals surface area contributed by atoms with Gasteiger partial charge in [-0.2, -0.15) is 8.42 Å². The van der Waals surface area contributed by atoms with Crippen LogP contribution in [0.1, 0.15) is 88.3 Å². The highest BCUT2D eigenvalue weighted by Crippen LogP contribution is 2.29. The third kappa shape index (κ3) is 13.0. The molecule has 0 aliphatic heterocycles. The predicted octanol–water partition coefficient (Wildman–Crippen LogP) is 7.60. The van der Waals surface area contributed by atoms with Crippen molar-refractivity contribution in [1.29, 1.82) is 0 Å². The summed E-state index contributed by atoms with van der Waals surface area (Å²) in [5.41, 5.74) is 2.45. The highest BCUT2D eigenvalue weighted by Gasteiger charge is 2.24. The van der Waals surface area contributed by atoms with Crippen molar-refractivity contribution >= 4 is 10.1 Å². The quantitative estimate of drug-likeness (QED) is 0.184. The molecule has 33 heavy (non-hydrogen) atoms. The van der Waals surface area contributed by atoms with Gasteiger partial charge in [0.15, 0.2) is 0 Å². The lowest BCUT2D eigenvalue weighted by atomic mass is 9.97. The fourth-order valence-corrected chi connectivity index (χ4v) is 4.51. The molecule has 0 radical (unpaired) electrons. The Balaban J connectivity index is 0.000000412. The summed E-state index contributed by atoms with van der Waals surface area (Å²) in [6.45, 7) is 4.13. The molecule has 186 valence electrons. The van der Waals surface area contributed by atoms with E-state index in [1.54, 1.807) is 12.1 Å². The van der Waals surface area contributed by atoms with Crippen LogP contribution >= 0.6 is 0 Å². The van der Waals surface area contributed by atoms with Crippen molar-refractivity contribution < 1.29 is 17.5 Å². The van der Waals surface area contributed by atoms with Gasteiger partial charge in [0, 0.05) is 12.0 Å². The smallest absolute Gasteiger partial charge is 0.294 e. The van der Waals surface area contributed by atoms with Crippen molar-refractivity contribution in [2.45, 2.75) is 89.0 Å². The van der Waals surface area contributed by atoms with Gasteiger partial charge in [0.05, 0.1) is 26.0 Å². The molecule has 1 atom stereocenters. The minimum Gasteiger partial charge on any atom is -0.325 e. The molecule has 2 rings (SSSR count). The Hall–Kier alpha value is -1.69. The van der Waals surface area contributed by atoms with E-state index in [0.717, 1.165) is 10.0 Å².